The lowest BCUT2D eigenvalue weighted by Gasteiger charge is -2.34. The Morgan fingerprint density at radius 3 is 2.39 bits per heavy atom. The first kappa shape index (κ1) is 22.3. The Labute approximate surface area is 176 Å². The van der Waals surface area contributed by atoms with Crippen molar-refractivity contribution in [1.29, 1.82) is 0 Å². The maximum atomic E-state index is 13.0. The molecule has 1 aromatic carbocycles. The molecule has 1 saturated heterocycles. The van der Waals surface area contributed by atoms with Crippen LogP contribution in [0.25, 0.3) is 0 Å². The average molecular weight is 438 g/mol. The van der Waals surface area contributed by atoms with Crippen molar-refractivity contribution in [2.45, 2.75) is 6.18 Å². The van der Waals surface area contributed by atoms with Crippen molar-refractivity contribution in [2.75, 3.05) is 44.6 Å². The highest BCUT2D eigenvalue weighted by molar-refractivity contribution is 5.96. The van der Waals surface area contributed by atoms with E-state index in [4.69, 9.17) is 4.42 Å². The number of para-hydroxylation sites is 1. The number of halogens is 3. The number of alkyl halides is 3. The molecule has 2 N–H and O–H groups in total. The fourth-order valence-corrected chi connectivity index (χ4v) is 3.15. The molecule has 2 aromatic rings. The number of benzene rings is 1. The van der Waals surface area contributed by atoms with E-state index in [1.165, 1.54) is 36.8 Å². The van der Waals surface area contributed by atoms with E-state index in [2.05, 4.69) is 10.6 Å². The van der Waals surface area contributed by atoms with Crippen molar-refractivity contribution in [1.82, 2.24) is 15.1 Å². The Kier molecular flexibility index (Phi) is 6.95. The second-order valence-electron chi connectivity index (χ2n) is 6.94. The molecule has 31 heavy (non-hydrogen) atoms. The second kappa shape index (κ2) is 9.65. The summed E-state index contributed by atoms with van der Waals surface area (Å²) < 4.78 is 43.9. The van der Waals surface area contributed by atoms with Crippen LogP contribution < -0.4 is 10.6 Å². The van der Waals surface area contributed by atoms with E-state index in [1.54, 1.807) is 9.80 Å². The number of furan rings is 1. The highest BCUT2D eigenvalue weighted by Gasteiger charge is 2.33. The highest BCUT2D eigenvalue weighted by atomic mass is 19.4. The van der Waals surface area contributed by atoms with Crippen LogP contribution in [-0.2, 0) is 15.8 Å². The monoisotopic (exact) mass is 438 g/mol. The zero-order valence-corrected chi connectivity index (χ0v) is 16.4. The standard InChI is InChI=1S/C20H21F3N4O4/c21-20(22,23)15-3-1-2-4-16(15)25-17(28)12-26-6-8-27(9-7-26)18(29)11-24-19(30)14-5-10-31-13-14/h1-5,10,13H,6-9,11-12H2,(H,24,30)(H,25,28). The molecule has 2 heterocycles. The lowest BCUT2D eigenvalue weighted by molar-refractivity contribution is -0.137. The molecule has 1 aliphatic rings. The smallest absolute Gasteiger partial charge is 0.418 e. The molecule has 0 atom stereocenters. The van der Waals surface area contributed by atoms with Gasteiger partial charge in [-0.15, -0.1) is 0 Å². The number of nitrogens with one attached hydrogen (secondary N) is 2. The van der Waals surface area contributed by atoms with Crippen LogP contribution in [0.15, 0.2) is 47.3 Å². The molecule has 1 fully saturated rings. The normalized spacial score (nSPS) is 14.9. The van der Waals surface area contributed by atoms with Crippen LogP contribution in [0.5, 0.6) is 0 Å². The Morgan fingerprint density at radius 1 is 1.03 bits per heavy atom. The summed E-state index contributed by atoms with van der Waals surface area (Å²) in [5.41, 5.74) is -0.880. The van der Waals surface area contributed by atoms with Gasteiger partial charge >= 0.3 is 6.18 Å². The molecule has 0 saturated carbocycles. The predicted octanol–water partition coefficient (Wildman–Crippen LogP) is 1.81. The van der Waals surface area contributed by atoms with Gasteiger partial charge in [0.05, 0.1) is 36.2 Å². The zero-order valence-electron chi connectivity index (χ0n) is 16.4. The van der Waals surface area contributed by atoms with Crippen LogP contribution in [0.4, 0.5) is 18.9 Å². The van der Waals surface area contributed by atoms with E-state index in [0.29, 0.717) is 31.7 Å². The number of carbonyl (C=O) groups is 3. The number of hydrogen-bond acceptors (Lipinski definition) is 5. The summed E-state index contributed by atoms with van der Waals surface area (Å²) in [5, 5.41) is 4.82. The molecule has 11 heteroatoms. The molecule has 0 unspecified atom stereocenters. The van der Waals surface area contributed by atoms with Crippen molar-refractivity contribution in [3.63, 3.8) is 0 Å². The quantitative estimate of drug-likeness (QED) is 0.718. The van der Waals surface area contributed by atoms with Crippen LogP contribution in [0.2, 0.25) is 0 Å². The molecule has 0 bridgehead atoms. The molecular formula is C20H21F3N4O4. The lowest BCUT2D eigenvalue weighted by Crippen LogP contribution is -2.52. The van der Waals surface area contributed by atoms with Crippen LogP contribution in [0.3, 0.4) is 0 Å². The van der Waals surface area contributed by atoms with Crippen molar-refractivity contribution < 1.29 is 32.0 Å². The minimum absolute atomic E-state index is 0.0918. The highest BCUT2D eigenvalue weighted by Crippen LogP contribution is 2.34. The van der Waals surface area contributed by atoms with Crippen LogP contribution in [0.1, 0.15) is 15.9 Å². The van der Waals surface area contributed by atoms with Crippen LogP contribution >= 0.6 is 0 Å². The molecule has 1 aromatic heterocycles. The summed E-state index contributed by atoms with van der Waals surface area (Å²) in [6.45, 7) is 1.19. The molecule has 3 rings (SSSR count). The first-order chi connectivity index (χ1) is 14.7. The summed E-state index contributed by atoms with van der Waals surface area (Å²) in [4.78, 5) is 39.6. The van der Waals surface area contributed by atoms with E-state index in [1.807, 2.05) is 0 Å². The van der Waals surface area contributed by atoms with Crippen molar-refractivity contribution in [2.24, 2.45) is 0 Å². The van der Waals surface area contributed by atoms with Gasteiger partial charge < -0.3 is 20.0 Å². The maximum absolute atomic E-state index is 13.0. The van der Waals surface area contributed by atoms with E-state index in [0.717, 1.165) is 6.07 Å². The first-order valence-electron chi connectivity index (χ1n) is 9.50. The first-order valence-corrected chi connectivity index (χ1v) is 9.50. The Morgan fingerprint density at radius 2 is 1.74 bits per heavy atom. The number of hydrogen-bond donors (Lipinski definition) is 2. The molecule has 0 aliphatic carbocycles. The molecule has 166 valence electrons. The predicted molar refractivity (Wildman–Crippen MR) is 104 cm³/mol. The number of piperazine rings is 1. The third-order valence-corrected chi connectivity index (χ3v) is 4.78. The minimum Gasteiger partial charge on any atom is -0.472 e. The van der Waals surface area contributed by atoms with E-state index >= 15 is 0 Å². The molecular weight excluding hydrogens is 417 g/mol. The maximum Gasteiger partial charge on any atom is 0.418 e. The number of carbonyl (C=O) groups excluding carboxylic acids is 3. The summed E-state index contributed by atoms with van der Waals surface area (Å²) in [6.07, 6.45) is -1.94. The third kappa shape index (κ3) is 6.07. The van der Waals surface area contributed by atoms with Gasteiger partial charge in [-0.3, -0.25) is 19.3 Å². The summed E-state index contributed by atoms with van der Waals surface area (Å²) >= 11 is 0. The van der Waals surface area contributed by atoms with Gasteiger partial charge in [0.1, 0.15) is 6.26 Å². The van der Waals surface area contributed by atoms with Gasteiger partial charge in [-0.25, -0.2) is 0 Å². The fraction of sp³-hybridized carbons (Fsp3) is 0.350. The number of rotatable bonds is 6. The van der Waals surface area contributed by atoms with Crippen LogP contribution in [-0.4, -0.2) is 66.8 Å². The fourth-order valence-electron chi connectivity index (χ4n) is 3.15. The summed E-state index contributed by atoms with van der Waals surface area (Å²) in [5.74, 6) is -1.25. The molecule has 3 amide bonds. The van der Waals surface area contributed by atoms with Crippen molar-refractivity contribution >= 4 is 23.4 Å². The Bertz CT molecular complexity index is 923. The lowest BCUT2D eigenvalue weighted by atomic mass is 10.1. The minimum atomic E-state index is -4.57. The van der Waals surface area contributed by atoms with E-state index in [-0.39, 0.29) is 24.7 Å². The summed E-state index contributed by atoms with van der Waals surface area (Å²) in [7, 11) is 0. The van der Waals surface area contributed by atoms with Gasteiger partial charge in [0, 0.05) is 26.2 Å². The largest absolute Gasteiger partial charge is 0.472 e. The van der Waals surface area contributed by atoms with E-state index in [9.17, 15) is 27.6 Å². The van der Waals surface area contributed by atoms with Gasteiger partial charge in [-0.1, -0.05) is 12.1 Å². The van der Waals surface area contributed by atoms with E-state index < -0.39 is 23.6 Å². The van der Waals surface area contributed by atoms with Gasteiger partial charge in [0.25, 0.3) is 5.91 Å². The number of amides is 3. The summed E-state index contributed by atoms with van der Waals surface area (Å²) in [6, 6.07) is 6.27. The van der Waals surface area contributed by atoms with Crippen molar-refractivity contribution in [3.8, 4) is 0 Å². The van der Waals surface area contributed by atoms with Gasteiger partial charge in [-0.05, 0) is 18.2 Å². The van der Waals surface area contributed by atoms with Gasteiger partial charge in [-0.2, -0.15) is 13.2 Å². The third-order valence-electron chi connectivity index (χ3n) is 4.78. The molecule has 0 spiro atoms. The van der Waals surface area contributed by atoms with Gasteiger partial charge in [0.2, 0.25) is 11.8 Å². The van der Waals surface area contributed by atoms with Crippen LogP contribution in [0, 0.1) is 0 Å². The molecule has 8 nitrogen and oxygen atoms in total. The zero-order chi connectivity index (χ0) is 22.4. The Hall–Kier alpha value is -3.34. The SMILES string of the molecule is O=C(CN1CCN(C(=O)CNC(=O)c2ccoc2)CC1)Nc1ccccc1C(F)(F)F. The number of nitrogens with zero attached hydrogens (tertiary/aromatic N) is 2. The van der Waals surface area contributed by atoms with Gasteiger partial charge in [0.15, 0.2) is 0 Å². The Balaban J connectivity index is 1.43. The van der Waals surface area contributed by atoms with Crippen molar-refractivity contribution in [3.05, 3.63) is 54.0 Å². The second-order valence-corrected chi connectivity index (χ2v) is 6.94. The molecule has 1 aliphatic heterocycles. The molecule has 0 radical (unpaired) electrons. The number of anilines is 1. The average Bonchev–Trinajstić information content (AvgIpc) is 3.27. The topological polar surface area (TPSA) is 94.9 Å².